The lowest BCUT2D eigenvalue weighted by atomic mass is 10.0. The molecule has 2 aliphatic heterocycles. The van der Waals surface area contributed by atoms with Crippen LogP contribution in [-0.2, 0) is 17.9 Å². The standard InChI is InChI=1S/C23H33N3O3/c1-27-18-21-10-9-20(29-21)17-24-11-5-6-19(16-24)25-12-14-26(15-13-25)22-7-3-4-8-23(22)28-2/h3-4,7-10,19H,5-6,11-18H2,1-2H3. The van der Waals surface area contributed by atoms with Gasteiger partial charge in [0.05, 0.1) is 19.3 Å². The third-order valence-electron chi connectivity index (χ3n) is 6.12. The van der Waals surface area contributed by atoms with Gasteiger partial charge < -0.3 is 18.8 Å². The predicted molar refractivity (Wildman–Crippen MR) is 115 cm³/mol. The number of ether oxygens (including phenoxy) is 2. The number of para-hydroxylation sites is 2. The van der Waals surface area contributed by atoms with Gasteiger partial charge in [0, 0.05) is 45.9 Å². The van der Waals surface area contributed by atoms with Gasteiger partial charge in [0.15, 0.2) is 0 Å². The number of piperidine rings is 1. The Morgan fingerprint density at radius 1 is 0.966 bits per heavy atom. The van der Waals surface area contributed by atoms with Gasteiger partial charge in [-0.05, 0) is 43.7 Å². The molecular formula is C23H33N3O3. The highest BCUT2D eigenvalue weighted by molar-refractivity contribution is 5.58. The summed E-state index contributed by atoms with van der Waals surface area (Å²) in [5, 5.41) is 0. The Hall–Kier alpha value is -2.02. The first kappa shape index (κ1) is 20.3. The van der Waals surface area contributed by atoms with Crippen molar-refractivity contribution in [1.29, 1.82) is 0 Å². The lowest BCUT2D eigenvalue weighted by Gasteiger charge is -2.44. The number of methoxy groups -OCH3 is 2. The monoisotopic (exact) mass is 399 g/mol. The molecule has 158 valence electrons. The molecule has 4 rings (SSSR count). The number of hydrogen-bond donors (Lipinski definition) is 0. The third kappa shape index (κ3) is 4.94. The Labute approximate surface area is 174 Å². The molecule has 2 aromatic rings. The van der Waals surface area contributed by atoms with Crippen LogP contribution in [0.25, 0.3) is 0 Å². The minimum absolute atomic E-state index is 0.541. The molecule has 1 atom stereocenters. The van der Waals surface area contributed by atoms with E-state index in [2.05, 4.69) is 32.9 Å². The summed E-state index contributed by atoms with van der Waals surface area (Å²) in [6.45, 7) is 8.02. The van der Waals surface area contributed by atoms with Crippen LogP contribution in [0.4, 0.5) is 5.69 Å². The second-order valence-corrected chi connectivity index (χ2v) is 8.03. The maximum atomic E-state index is 5.89. The first-order chi connectivity index (χ1) is 14.3. The summed E-state index contributed by atoms with van der Waals surface area (Å²) in [7, 11) is 3.45. The SMILES string of the molecule is COCc1ccc(CN2CCCC(N3CCN(c4ccccc4OC)CC3)C2)o1. The molecule has 6 heteroatoms. The Balaban J connectivity index is 1.30. The van der Waals surface area contributed by atoms with Crippen molar-refractivity contribution in [2.24, 2.45) is 0 Å². The van der Waals surface area contributed by atoms with Crippen molar-refractivity contribution >= 4 is 5.69 Å². The minimum Gasteiger partial charge on any atom is -0.495 e. The van der Waals surface area contributed by atoms with Crippen molar-refractivity contribution < 1.29 is 13.9 Å². The van der Waals surface area contributed by atoms with E-state index in [9.17, 15) is 0 Å². The summed E-state index contributed by atoms with van der Waals surface area (Å²) in [4.78, 5) is 7.67. The van der Waals surface area contributed by atoms with E-state index in [1.54, 1.807) is 14.2 Å². The summed E-state index contributed by atoms with van der Waals surface area (Å²) >= 11 is 0. The van der Waals surface area contributed by atoms with Crippen molar-refractivity contribution in [1.82, 2.24) is 9.80 Å². The zero-order valence-electron chi connectivity index (χ0n) is 17.7. The molecular weight excluding hydrogens is 366 g/mol. The largest absolute Gasteiger partial charge is 0.495 e. The highest BCUT2D eigenvalue weighted by Gasteiger charge is 2.29. The number of likely N-dealkylation sites (tertiary alicyclic amines) is 1. The third-order valence-corrected chi connectivity index (χ3v) is 6.12. The molecule has 1 aromatic heterocycles. The van der Waals surface area contributed by atoms with Crippen LogP contribution in [0.5, 0.6) is 5.75 Å². The second-order valence-electron chi connectivity index (χ2n) is 8.03. The maximum Gasteiger partial charge on any atom is 0.142 e. The van der Waals surface area contributed by atoms with E-state index in [0.717, 1.165) is 63.1 Å². The van der Waals surface area contributed by atoms with E-state index >= 15 is 0 Å². The second kappa shape index (κ2) is 9.65. The summed E-state index contributed by atoms with van der Waals surface area (Å²) in [6.07, 6.45) is 2.54. The summed E-state index contributed by atoms with van der Waals surface area (Å²) in [6, 6.07) is 13.1. The van der Waals surface area contributed by atoms with Crippen molar-refractivity contribution in [2.75, 3.05) is 58.4 Å². The van der Waals surface area contributed by atoms with Gasteiger partial charge in [-0.2, -0.15) is 0 Å². The molecule has 2 fully saturated rings. The molecule has 2 aliphatic rings. The van der Waals surface area contributed by atoms with Crippen molar-refractivity contribution in [2.45, 2.75) is 32.0 Å². The number of hydrogen-bond acceptors (Lipinski definition) is 6. The molecule has 29 heavy (non-hydrogen) atoms. The number of rotatable bonds is 7. The highest BCUT2D eigenvalue weighted by atomic mass is 16.5. The first-order valence-corrected chi connectivity index (χ1v) is 10.7. The molecule has 0 saturated carbocycles. The fraction of sp³-hybridized carbons (Fsp3) is 0.565. The Kier molecular flexibility index (Phi) is 6.74. The van der Waals surface area contributed by atoms with Crippen molar-refractivity contribution in [3.63, 3.8) is 0 Å². The topological polar surface area (TPSA) is 41.3 Å². The van der Waals surface area contributed by atoms with Gasteiger partial charge in [-0.1, -0.05) is 12.1 Å². The summed E-state index contributed by atoms with van der Waals surface area (Å²) in [5.74, 6) is 2.92. The van der Waals surface area contributed by atoms with Crippen LogP contribution in [0.3, 0.4) is 0 Å². The smallest absolute Gasteiger partial charge is 0.142 e. The molecule has 2 saturated heterocycles. The van der Waals surface area contributed by atoms with Crippen LogP contribution in [0.2, 0.25) is 0 Å². The number of nitrogens with zero attached hydrogens (tertiary/aromatic N) is 3. The van der Waals surface area contributed by atoms with Crippen LogP contribution in [0.15, 0.2) is 40.8 Å². The Morgan fingerprint density at radius 2 is 1.76 bits per heavy atom. The Bertz CT molecular complexity index is 770. The fourth-order valence-corrected chi connectivity index (χ4v) is 4.64. The molecule has 0 amide bonds. The highest BCUT2D eigenvalue weighted by Crippen LogP contribution is 2.29. The first-order valence-electron chi connectivity index (χ1n) is 10.7. The summed E-state index contributed by atoms with van der Waals surface area (Å²) < 4.78 is 16.6. The fourth-order valence-electron chi connectivity index (χ4n) is 4.64. The van der Waals surface area contributed by atoms with Crippen LogP contribution in [0.1, 0.15) is 24.4 Å². The van der Waals surface area contributed by atoms with E-state index in [1.807, 2.05) is 18.2 Å². The number of furan rings is 1. The minimum atomic E-state index is 0.541. The molecule has 6 nitrogen and oxygen atoms in total. The van der Waals surface area contributed by atoms with Gasteiger partial charge in [0.1, 0.15) is 23.9 Å². The zero-order valence-corrected chi connectivity index (χ0v) is 17.7. The van der Waals surface area contributed by atoms with Gasteiger partial charge in [-0.3, -0.25) is 9.80 Å². The number of anilines is 1. The van der Waals surface area contributed by atoms with Gasteiger partial charge in [0.25, 0.3) is 0 Å². The summed E-state index contributed by atoms with van der Waals surface area (Å²) in [5.41, 5.74) is 1.21. The quantitative estimate of drug-likeness (QED) is 0.712. The molecule has 1 aromatic carbocycles. The average molecular weight is 400 g/mol. The van der Waals surface area contributed by atoms with Crippen LogP contribution in [0, 0.1) is 0 Å². The van der Waals surface area contributed by atoms with E-state index in [0.29, 0.717) is 12.6 Å². The molecule has 0 radical (unpaired) electrons. The van der Waals surface area contributed by atoms with Gasteiger partial charge in [-0.15, -0.1) is 0 Å². The molecule has 3 heterocycles. The van der Waals surface area contributed by atoms with Gasteiger partial charge in [0.2, 0.25) is 0 Å². The van der Waals surface area contributed by atoms with E-state index in [1.165, 1.54) is 18.5 Å². The van der Waals surface area contributed by atoms with Gasteiger partial charge >= 0.3 is 0 Å². The van der Waals surface area contributed by atoms with E-state index in [-0.39, 0.29) is 0 Å². The van der Waals surface area contributed by atoms with Gasteiger partial charge in [-0.25, -0.2) is 0 Å². The van der Waals surface area contributed by atoms with Crippen molar-refractivity contribution in [3.05, 3.63) is 47.9 Å². The molecule has 1 unspecified atom stereocenters. The van der Waals surface area contributed by atoms with Crippen molar-refractivity contribution in [3.8, 4) is 5.75 Å². The Morgan fingerprint density at radius 3 is 2.55 bits per heavy atom. The number of piperazine rings is 1. The molecule has 0 N–H and O–H groups in total. The van der Waals surface area contributed by atoms with E-state index in [4.69, 9.17) is 13.9 Å². The van der Waals surface area contributed by atoms with Crippen LogP contribution < -0.4 is 9.64 Å². The normalized spacial score (nSPS) is 21.4. The maximum absolute atomic E-state index is 5.89. The predicted octanol–water partition coefficient (Wildman–Crippen LogP) is 3.22. The average Bonchev–Trinajstić information content (AvgIpc) is 3.21. The van der Waals surface area contributed by atoms with Crippen LogP contribution in [-0.4, -0.2) is 69.3 Å². The zero-order chi connectivity index (χ0) is 20.1. The molecule has 0 aliphatic carbocycles. The lowest BCUT2D eigenvalue weighted by molar-refractivity contribution is 0.0837. The molecule has 0 spiro atoms. The molecule has 0 bridgehead atoms. The lowest BCUT2D eigenvalue weighted by Crippen LogP contribution is -2.55. The number of benzene rings is 1. The van der Waals surface area contributed by atoms with E-state index < -0.39 is 0 Å². The van der Waals surface area contributed by atoms with Crippen LogP contribution >= 0.6 is 0 Å².